The fourth-order valence-electron chi connectivity index (χ4n) is 1.42. The lowest BCUT2D eigenvalue weighted by atomic mass is 10.3. The Hall–Kier alpha value is -2.00. The van der Waals surface area contributed by atoms with Crippen molar-refractivity contribution in [3.05, 3.63) is 24.3 Å². The van der Waals surface area contributed by atoms with Crippen LogP contribution in [0.1, 0.15) is 6.92 Å². The highest BCUT2D eigenvalue weighted by Crippen LogP contribution is 2.23. The molecule has 0 aliphatic heterocycles. The lowest BCUT2D eigenvalue weighted by molar-refractivity contribution is -0.113. The molecular formula is C13H15NO4S. The number of ether oxygens (including phenoxy) is 1. The van der Waals surface area contributed by atoms with Crippen LogP contribution in [0.2, 0.25) is 0 Å². The van der Waals surface area contributed by atoms with Gasteiger partial charge in [0.15, 0.2) is 9.84 Å². The highest BCUT2D eigenvalue weighted by atomic mass is 32.2. The summed E-state index contributed by atoms with van der Waals surface area (Å²) in [5, 5.41) is 2.50. The zero-order chi connectivity index (χ0) is 14.3. The summed E-state index contributed by atoms with van der Waals surface area (Å²) >= 11 is 0. The first kappa shape index (κ1) is 15.1. The second-order valence-electron chi connectivity index (χ2n) is 3.71. The number of amides is 1. The van der Waals surface area contributed by atoms with Gasteiger partial charge < -0.3 is 10.1 Å². The second kappa shape index (κ2) is 6.81. The molecule has 1 N–H and O–H groups in total. The van der Waals surface area contributed by atoms with E-state index in [2.05, 4.69) is 5.32 Å². The lowest BCUT2D eigenvalue weighted by Gasteiger charge is -2.10. The summed E-state index contributed by atoms with van der Waals surface area (Å²) in [7, 11) is -3.57. The van der Waals surface area contributed by atoms with Gasteiger partial charge in [0, 0.05) is 0 Å². The molecule has 0 fully saturated rings. The molecule has 1 rings (SSSR count). The van der Waals surface area contributed by atoms with E-state index in [9.17, 15) is 13.2 Å². The quantitative estimate of drug-likeness (QED) is 0.792. The molecule has 0 saturated carbocycles. The Kier molecular flexibility index (Phi) is 5.39. The van der Waals surface area contributed by atoms with Crippen molar-refractivity contribution in [2.75, 3.05) is 23.4 Å². The average Bonchev–Trinajstić information content (AvgIpc) is 2.31. The van der Waals surface area contributed by atoms with Crippen LogP contribution in [0.15, 0.2) is 24.3 Å². The molecular weight excluding hydrogens is 266 g/mol. The first-order valence-electron chi connectivity index (χ1n) is 5.64. The maximum absolute atomic E-state index is 11.6. The Labute approximate surface area is 112 Å². The van der Waals surface area contributed by atoms with E-state index >= 15 is 0 Å². The minimum Gasteiger partial charge on any atom is -0.492 e. The minimum atomic E-state index is -3.57. The summed E-state index contributed by atoms with van der Waals surface area (Å²) in [4.78, 5) is 11.6. The molecule has 0 radical (unpaired) electrons. The number of terminal acetylenes is 1. The number of nitrogens with one attached hydrogen (secondary N) is 1. The summed E-state index contributed by atoms with van der Waals surface area (Å²) in [5.74, 6) is 0.781. The zero-order valence-electron chi connectivity index (χ0n) is 10.5. The van der Waals surface area contributed by atoms with Crippen LogP contribution in [0.3, 0.4) is 0 Å². The molecule has 19 heavy (non-hydrogen) atoms. The molecule has 0 bridgehead atoms. The maximum Gasteiger partial charge on any atom is 0.239 e. The number of hydrogen-bond acceptors (Lipinski definition) is 4. The molecule has 0 aromatic heterocycles. The summed E-state index contributed by atoms with van der Waals surface area (Å²) in [6.07, 6.45) is 4.93. The molecule has 102 valence electrons. The number of carbonyl (C=O) groups is 1. The monoisotopic (exact) mass is 281 g/mol. The van der Waals surface area contributed by atoms with E-state index in [4.69, 9.17) is 11.2 Å². The van der Waals surface area contributed by atoms with Gasteiger partial charge in [-0.3, -0.25) is 4.79 Å². The Morgan fingerprint density at radius 1 is 1.42 bits per heavy atom. The number of rotatable bonds is 6. The fourth-order valence-corrected chi connectivity index (χ4v) is 2.24. The standard InChI is InChI=1S/C13H15NO4S/c1-3-9-19(16,17)10-13(15)14-11-7-5-6-8-12(11)18-4-2/h1,5-8H,4,9-10H2,2H3,(H,14,15). The van der Waals surface area contributed by atoms with E-state index < -0.39 is 27.3 Å². The van der Waals surface area contributed by atoms with E-state index in [0.29, 0.717) is 18.0 Å². The highest BCUT2D eigenvalue weighted by molar-refractivity contribution is 7.92. The average molecular weight is 281 g/mol. The van der Waals surface area contributed by atoms with Crippen molar-refractivity contribution in [1.82, 2.24) is 0 Å². The number of sulfone groups is 1. The zero-order valence-corrected chi connectivity index (χ0v) is 11.4. The summed E-state index contributed by atoms with van der Waals surface area (Å²) in [6.45, 7) is 2.26. The van der Waals surface area contributed by atoms with Crippen LogP contribution in [0, 0.1) is 12.3 Å². The third-order valence-electron chi connectivity index (χ3n) is 2.12. The van der Waals surface area contributed by atoms with Crippen molar-refractivity contribution < 1.29 is 17.9 Å². The number of hydrogen-bond donors (Lipinski definition) is 1. The molecule has 6 heteroatoms. The fraction of sp³-hybridized carbons (Fsp3) is 0.308. The molecule has 0 heterocycles. The molecule has 1 amide bonds. The van der Waals surface area contributed by atoms with E-state index in [1.807, 2.05) is 12.8 Å². The Morgan fingerprint density at radius 2 is 2.11 bits per heavy atom. The van der Waals surface area contributed by atoms with Gasteiger partial charge >= 0.3 is 0 Å². The Morgan fingerprint density at radius 3 is 2.74 bits per heavy atom. The third-order valence-corrected chi connectivity index (χ3v) is 3.42. The van der Waals surface area contributed by atoms with Gasteiger partial charge in [-0.2, -0.15) is 0 Å². The van der Waals surface area contributed by atoms with Crippen LogP contribution in [-0.4, -0.2) is 32.4 Å². The van der Waals surface area contributed by atoms with E-state index in [-0.39, 0.29) is 0 Å². The van der Waals surface area contributed by atoms with Crippen molar-refractivity contribution in [2.24, 2.45) is 0 Å². The molecule has 0 saturated heterocycles. The first-order chi connectivity index (χ1) is 8.98. The van der Waals surface area contributed by atoms with Gasteiger partial charge in [-0.1, -0.05) is 18.1 Å². The predicted octanol–water partition coefficient (Wildman–Crippen LogP) is 1.07. The van der Waals surface area contributed by atoms with Gasteiger partial charge in [0.1, 0.15) is 17.3 Å². The van der Waals surface area contributed by atoms with E-state index in [1.54, 1.807) is 24.3 Å². The van der Waals surface area contributed by atoms with Crippen LogP contribution < -0.4 is 10.1 Å². The second-order valence-corrected chi connectivity index (χ2v) is 5.78. The van der Waals surface area contributed by atoms with Gasteiger partial charge in [0.05, 0.1) is 12.3 Å². The SMILES string of the molecule is C#CCS(=O)(=O)CC(=O)Nc1ccccc1OCC. The molecule has 0 unspecified atom stereocenters. The normalized spacial score (nSPS) is 10.5. The minimum absolute atomic E-state index is 0.435. The molecule has 0 spiro atoms. The largest absolute Gasteiger partial charge is 0.492 e. The lowest BCUT2D eigenvalue weighted by Crippen LogP contribution is -2.24. The number of anilines is 1. The van der Waals surface area contributed by atoms with Crippen LogP contribution >= 0.6 is 0 Å². The van der Waals surface area contributed by atoms with Gasteiger partial charge in [-0.25, -0.2) is 8.42 Å². The summed E-state index contributed by atoms with van der Waals surface area (Å²) < 4.78 is 28.1. The number of benzene rings is 1. The summed E-state index contributed by atoms with van der Waals surface area (Å²) in [5.41, 5.74) is 0.435. The van der Waals surface area contributed by atoms with Crippen molar-refractivity contribution in [3.8, 4) is 18.1 Å². The van der Waals surface area contributed by atoms with Crippen LogP contribution in [0.5, 0.6) is 5.75 Å². The molecule has 0 aliphatic rings. The van der Waals surface area contributed by atoms with Crippen molar-refractivity contribution >= 4 is 21.4 Å². The van der Waals surface area contributed by atoms with Crippen molar-refractivity contribution in [2.45, 2.75) is 6.92 Å². The molecule has 1 aromatic carbocycles. The van der Waals surface area contributed by atoms with Gasteiger partial charge in [-0.15, -0.1) is 6.42 Å². The third kappa shape index (κ3) is 5.02. The maximum atomic E-state index is 11.6. The highest BCUT2D eigenvalue weighted by Gasteiger charge is 2.16. The first-order valence-corrected chi connectivity index (χ1v) is 7.46. The number of carbonyl (C=O) groups excluding carboxylic acids is 1. The molecule has 0 atom stereocenters. The molecule has 1 aromatic rings. The van der Waals surface area contributed by atoms with E-state index in [1.165, 1.54) is 0 Å². The van der Waals surface area contributed by atoms with E-state index in [0.717, 1.165) is 0 Å². The molecule has 5 nitrogen and oxygen atoms in total. The van der Waals surface area contributed by atoms with Crippen LogP contribution in [0.25, 0.3) is 0 Å². The van der Waals surface area contributed by atoms with Gasteiger partial charge in [0.25, 0.3) is 0 Å². The summed E-state index contributed by atoms with van der Waals surface area (Å²) in [6, 6.07) is 6.80. The van der Waals surface area contributed by atoms with Gasteiger partial charge in [-0.05, 0) is 19.1 Å². The Bertz CT molecular complexity index is 587. The van der Waals surface area contributed by atoms with Crippen molar-refractivity contribution in [3.63, 3.8) is 0 Å². The topological polar surface area (TPSA) is 72.5 Å². The van der Waals surface area contributed by atoms with Crippen LogP contribution in [0.4, 0.5) is 5.69 Å². The van der Waals surface area contributed by atoms with Gasteiger partial charge in [0.2, 0.25) is 5.91 Å². The molecule has 0 aliphatic carbocycles. The van der Waals surface area contributed by atoms with Crippen molar-refractivity contribution in [1.29, 1.82) is 0 Å². The van der Waals surface area contributed by atoms with Crippen LogP contribution in [-0.2, 0) is 14.6 Å². The Balaban J connectivity index is 2.75. The smallest absolute Gasteiger partial charge is 0.239 e. The number of para-hydroxylation sites is 2. The predicted molar refractivity (Wildman–Crippen MR) is 73.7 cm³/mol.